The number of nitrogens with two attached hydrogens (primary N) is 1. The minimum atomic E-state index is -1.42. The Kier molecular flexibility index (Phi) is 5.67. The van der Waals surface area contributed by atoms with Crippen LogP contribution in [0.4, 0.5) is 11.4 Å². The molecule has 10 nitrogen and oxygen atoms in total. The summed E-state index contributed by atoms with van der Waals surface area (Å²) in [5, 5.41) is 34.5. The van der Waals surface area contributed by atoms with Gasteiger partial charge in [0.1, 0.15) is 35.8 Å². The summed E-state index contributed by atoms with van der Waals surface area (Å²) in [7, 11) is 0. The molecule has 1 fully saturated rings. The number of hydrogen-bond donors (Lipinski definition) is 5. The lowest BCUT2D eigenvalue weighted by molar-refractivity contribution is -0.244. The molecule has 1 aromatic carbocycles. The van der Waals surface area contributed by atoms with Gasteiger partial charge in [0.25, 0.3) is 0 Å². The van der Waals surface area contributed by atoms with Crippen LogP contribution in [0.25, 0.3) is 0 Å². The first kappa shape index (κ1) is 18.1. The fourth-order valence-electron chi connectivity index (χ4n) is 2.39. The van der Waals surface area contributed by atoms with Crippen molar-refractivity contribution in [2.45, 2.75) is 37.6 Å². The second kappa shape index (κ2) is 7.53. The molecular weight excluding hydrogens is 322 g/mol. The van der Waals surface area contributed by atoms with E-state index in [4.69, 9.17) is 15.2 Å². The van der Waals surface area contributed by atoms with Gasteiger partial charge in [-0.15, -0.1) is 4.91 Å². The van der Waals surface area contributed by atoms with Gasteiger partial charge in [0.15, 0.2) is 0 Å². The number of nitroso groups, excluding NO2 is 1. The molecule has 1 saturated heterocycles. The molecule has 2 rings (SSSR count). The molecule has 0 aliphatic carbocycles. The number of carbonyl (C=O) groups is 1. The summed E-state index contributed by atoms with van der Waals surface area (Å²) in [6, 6.07) is 3.00. The van der Waals surface area contributed by atoms with E-state index in [-0.39, 0.29) is 17.1 Å². The van der Waals surface area contributed by atoms with E-state index in [9.17, 15) is 25.0 Å². The van der Waals surface area contributed by atoms with Gasteiger partial charge in [-0.1, -0.05) is 0 Å². The van der Waals surface area contributed by atoms with Crippen LogP contribution in [-0.2, 0) is 9.53 Å². The van der Waals surface area contributed by atoms with Crippen molar-refractivity contribution >= 4 is 17.3 Å². The molecule has 0 bridgehead atoms. The van der Waals surface area contributed by atoms with Crippen molar-refractivity contribution in [1.82, 2.24) is 5.32 Å². The van der Waals surface area contributed by atoms with E-state index in [1.165, 1.54) is 25.1 Å². The van der Waals surface area contributed by atoms with Crippen LogP contribution in [0.15, 0.2) is 23.4 Å². The van der Waals surface area contributed by atoms with Gasteiger partial charge in [0.05, 0.1) is 12.3 Å². The third kappa shape index (κ3) is 3.79. The number of amides is 1. The second-order valence-corrected chi connectivity index (χ2v) is 5.36. The Labute approximate surface area is 137 Å². The number of nitrogens with zero attached hydrogens (tertiary/aromatic N) is 1. The van der Waals surface area contributed by atoms with E-state index in [1.54, 1.807) is 0 Å². The summed E-state index contributed by atoms with van der Waals surface area (Å²) >= 11 is 0. The van der Waals surface area contributed by atoms with Crippen molar-refractivity contribution in [3.05, 3.63) is 23.1 Å². The third-order valence-corrected chi connectivity index (χ3v) is 3.60. The summed E-state index contributed by atoms with van der Waals surface area (Å²) in [5.74, 6) is -0.272. The van der Waals surface area contributed by atoms with Crippen molar-refractivity contribution < 1.29 is 29.6 Å². The molecule has 0 radical (unpaired) electrons. The van der Waals surface area contributed by atoms with Gasteiger partial charge in [0, 0.05) is 13.0 Å². The van der Waals surface area contributed by atoms with Gasteiger partial charge < -0.3 is 35.8 Å². The minimum Gasteiger partial charge on any atom is -0.462 e. The summed E-state index contributed by atoms with van der Waals surface area (Å²) in [4.78, 5) is 21.9. The summed E-state index contributed by atoms with van der Waals surface area (Å²) in [5.41, 5.74) is 5.76. The molecule has 24 heavy (non-hydrogen) atoms. The van der Waals surface area contributed by atoms with Crippen LogP contribution in [-0.4, -0.2) is 58.5 Å². The largest absolute Gasteiger partial charge is 0.462 e. The van der Waals surface area contributed by atoms with Crippen molar-refractivity contribution in [2.24, 2.45) is 5.18 Å². The molecule has 0 aromatic heterocycles. The molecule has 6 N–H and O–H groups in total. The fourth-order valence-corrected chi connectivity index (χ4v) is 2.39. The Balaban J connectivity index is 2.24. The highest BCUT2D eigenvalue weighted by Gasteiger charge is 2.46. The molecule has 1 aromatic rings. The van der Waals surface area contributed by atoms with E-state index in [0.29, 0.717) is 0 Å². The Morgan fingerprint density at radius 1 is 1.42 bits per heavy atom. The normalized spacial score (nSPS) is 29.8. The first-order valence-corrected chi connectivity index (χ1v) is 7.16. The molecule has 1 aliphatic heterocycles. The van der Waals surface area contributed by atoms with Crippen molar-refractivity contribution in [2.75, 3.05) is 12.3 Å². The van der Waals surface area contributed by atoms with Gasteiger partial charge in [0.2, 0.25) is 12.2 Å². The smallest absolute Gasteiger partial charge is 0.223 e. The third-order valence-electron chi connectivity index (χ3n) is 3.60. The highest BCUT2D eigenvalue weighted by Crippen LogP contribution is 2.29. The lowest BCUT2D eigenvalue weighted by Gasteiger charge is -2.42. The maximum Gasteiger partial charge on any atom is 0.223 e. The number of hydrogen-bond acceptors (Lipinski definition) is 9. The lowest BCUT2D eigenvalue weighted by atomic mass is 9.97. The molecule has 0 saturated carbocycles. The summed E-state index contributed by atoms with van der Waals surface area (Å²) < 4.78 is 11.0. The van der Waals surface area contributed by atoms with Gasteiger partial charge in [-0.3, -0.25) is 4.79 Å². The quantitative estimate of drug-likeness (QED) is 0.336. The van der Waals surface area contributed by atoms with E-state index in [0.717, 1.165) is 0 Å². The number of aliphatic hydroxyl groups excluding tert-OH is 3. The van der Waals surface area contributed by atoms with E-state index < -0.39 is 43.2 Å². The monoisotopic (exact) mass is 341 g/mol. The molecule has 4 unspecified atom stereocenters. The topological polar surface area (TPSA) is 164 Å². The van der Waals surface area contributed by atoms with Crippen molar-refractivity contribution in [1.29, 1.82) is 0 Å². The number of carbonyl (C=O) groups excluding carboxylic acids is 1. The highest BCUT2D eigenvalue weighted by molar-refractivity contribution is 5.73. The van der Waals surface area contributed by atoms with Crippen molar-refractivity contribution in [3.8, 4) is 5.75 Å². The number of nitrogens with one attached hydrogen (secondary N) is 1. The Morgan fingerprint density at radius 3 is 2.67 bits per heavy atom. The van der Waals surface area contributed by atoms with Crippen LogP contribution < -0.4 is 15.8 Å². The zero-order chi connectivity index (χ0) is 17.9. The Hall–Kier alpha value is -2.27. The molecular formula is C14H19N3O7. The van der Waals surface area contributed by atoms with Crippen LogP contribution in [0.5, 0.6) is 5.75 Å². The Bertz CT molecular complexity index is 612. The zero-order valence-corrected chi connectivity index (χ0v) is 12.8. The first-order valence-electron chi connectivity index (χ1n) is 7.16. The zero-order valence-electron chi connectivity index (χ0n) is 12.8. The lowest BCUT2D eigenvalue weighted by Crippen LogP contribution is -2.65. The number of benzene rings is 1. The van der Waals surface area contributed by atoms with Gasteiger partial charge in [-0.25, -0.2) is 0 Å². The minimum absolute atomic E-state index is 0.0361. The van der Waals surface area contributed by atoms with Crippen LogP contribution >= 0.6 is 0 Å². The average molecular weight is 341 g/mol. The number of aliphatic hydroxyl groups is 3. The molecule has 132 valence electrons. The molecule has 1 aliphatic rings. The first-order chi connectivity index (χ1) is 11.4. The average Bonchev–Trinajstić information content (AvgIpc) is 2.54. The van der Waals surface area contributed by atoms with Crippen molar-refractivity contribution in [3.63, 3.8) is 0 Å². The van der Waals surface area contributed by atoms with Crippen LogP contribution in [0.2, 0.25) is 0 Å². The van der Waals surface area contributed by atoms with E-state index >= 15 is 0 Å². The molecule has 1 heterocycles. The van der Waals surface area contributed by atoms with Crippen LogP contribution in [0, 0.1) is 4.91 Å². The predicted octanol–water partition coefficient (Wildman–Crippen LogP) is -1.01. The molecule has 10 heteroatoms. The van der Waals surface area contributed by atoms with E-state index in [2.05, 4.69) is 10.5 Å². The Morgan fingerprint density at radius 2 is 2.12 bits per heavy atom. The van der Waals surface area contributed by atoms with E-state index in [1.807, 2.05) is 0 Å². The maximum absolute atomic E-state index is 11.3. The molecule has 0 spiro atoms. The standard InChI is InChI=1S/C14H19N3O7/c1-6(19)16-11-13(21)12(20)10(5-18)24-14(11)23-7-2-3-9(17-22)8(15)4-7/h2-4,10-14,18,20-21H,5,15H2,1H3,(H,16,19)/t10?,11-,12?,13?,14?/m0/s1. The second-order valence-electron chi connectivity index (χ2n) is 5.36. The summed E-state index contributed by atoms with van der Waals surface area (Å²) in [6.07, 6.45) is -5.11. The van der Waals surface area contributed by atoms with Gasteiger partial charge >= 0.3 is 0 Å². The predicted molar refractivity (Wildman–Crippen MR) is 82.3 cm³/mol. The number of ether oxygens (including phenoxy) is 2. The van der Waals surface area contributed by atoms with Gasteiger partial charge in [-0.2, -0.15) is 0 Å². The van der Waals surface area contributed by atoms with Gasteiger partial charge in [-0.05, 0) is 17.3 Å². The fraction of sp³-hybridized carbons (Fsp3) is 0.500. The number of rotatable bonds is 5. The number of nitrogen functional groups attached to an aromatic ring is 1. The number of anilines is 1. The molecule has 5 atom stereocenters. The molecule has 1 amide bonds. The van der Waals surface area contributed by atoms with Crippen LogP contribution in [0.1, 0.15) is 6.92 Å². The summed E-state index contributed by atoms with van der Waals surface area (Å²) in [6.45, 7) is 0.678. The highest BCUT2D eigenvalue weighted by atomic mass is 16.7. The maximum atomic E-state index is 11.3. The van der Waals surface area contributed by atoms with Crippen LogP contribution in [0.3, 0.4) is 0 Å². The SMILES string of the molecule is CC(=O)N[C@@H]1C(Oc2ccc(N=O)c(N)c2)OC(CO)C(O)C1O.